The summed E-state index contributed by atoms with van der Waals surface area (Å²) in [6, 6.07) is 12.9. The molecule has 1 aliphatic rings. The zero-order chi connectivity index (χ0) is 17.1. The Labute approximate surface area is 148 Å². The molecule has 4 rings (SSSR count). The van der Waals surface area contributed by atoms with Gasteiger partial charge in [-0.3, -0.25) is 4.98 Å². The minimum atomic E-state index is 0.137. The van der Waals surface area contributed by atoms with E-state index in [2.05, 4.69) is 40.4 Å². The highest BCUT2D eigenvalue weighted by Crippen LogP contribution is 2.33. The lowest BCUT2D eigenvalue weighted by atomic mass is 9.84. The van der Waals surface area contributed by atoms with Gasteiger partial charge in [-0.25, -0.2) is 0 Å². The highest BCUT2D eigenvalue weighted by molar-refractivity contribution is 5.75. The predicted molar refractivity (Wildman–Crippen MR) is 101 cm³/mol. The molecular formula is C21H25N3O. The molecule has 1 aromatic carbocycles. The number of oxazole rings is 1. The topological polar surface area (TPSA) is 51.0 Å². The summed E-state index contributed by atoms with van der Waals surface area (Å²) >= 11 is 0. The third-order valence-electron chi connectivity index (χ3n) is 5.18. The van der Waals surface area contributed by atoms with Gasteiger partial charge in [0.15, 0.2) is 5.58 Å². The van der Waals surface area contributed by atoms with Crippen LogP contribution in [0.3, 0.4) is 0 Å². The lowest BCUT2D eigenvalue weighted by Gasteiger charge is -2.26. The van der Waals surface area contributed by atoms with Gasteiger partial charge in [0, 0.05) is 6.20 Å². The van der Waals surface area contributed by atoms with Gasteiger partial charge in [-0.2, -0.15) is 4.98 Å². The van der Waals surface area contributed by atoms with Crippen molar-refractivity contribution in [1.82, 2.24) is 9.97 Å². The number of pyridine rings is 1. The molecule has 0 aliphatic heterocycles. The van der Waals surface area contributed by atoms with Crippen LogP contribution in [-0.4, -0.2) is 9.97 Å². The second-order valence-electron chi connectivity index (χ2n) is 7.18. The second-order valence-corrected chi connectivity index (χ2v) is 7.18. The van der Waals surface area contributed by atoms with Crippen LogP contribution in [0.4, 0.5) is 6.01 Å². The SMILES string of the molecule is Cc1ccc2oc(N[C@H](CC3CCCCC3)c3ccccn3)nc2c1. The fraction of sp³-hybridized carbons (Fsp3) is 0.429. The Morgan fingerprint density at radius 2 is 2.04 bits per heavy atom. The Hall–Kier alpha value is -2.36. The highest BCUT2D eigenvalue weighted by atomic mass is 16.4. The van der Waals surface area contributed by atoms with Gasteiger partial charge in [0.05, 0.1) is 11.7 Å². The quantitative estimate of drug-likeness (QED) is 0.654. The first-order valence-corrected chi connectivity index (χ1v) is 9.32. The number of nitrogens with zero attached hydrogens (tertiary/aromatic N) is 2. The number of aryl methyl sites for hydroxylation is 1. The Kier molecular flexibility index (Phi) is 4.68. The summed E-state index contributed by atoms with van der Waals surface area (Å²) in [5.74, 6) is 0.750. The van der Waals surface area contributed by atoms with E-state index < -0.39 is 0 Å². The molecule has 0 amide bonds. The third kappa shape index (κ3) is 3.84. The van der Waals surface area contributed by atoms with Crippen LogP contribution in [0.5, 0.6) is 0 Å². The molecule has 25 heavy (non-hydrogen) atoms. The molecule has 1 atom stereocenters. The third-order valence-corrected chi connectivity index (χ3v) is 5.18. The van der Waals surface area contributed by atoms with Crippen LogP contribution in [0, 0.1) is 12.8 Å². The molecule has 0 spiro atoms. The molecule has 130 valence electrons. The number of hydrogen-bond acceptors (Lipinski definition) is 4. The summed E-state index contributed by atoms with van der Waals surface area (Å²) in [6.07, 6.45) is 9.65. The zero-order valence-electron chi connectivity index (χ0n) is 14.7. The minimum absolute atomic E-state index is 0.137. The monoisotopic (exact) mass is 335 g/mol. The van der Waals surface area contributed by atoms with E-state index in [0.717, 1.165) is 29.1 Å². The second kappa shape index (κ2) is 7.26. The van der Waals surface area contributed by atoms with Gasteiger partial charge < -0.3 is 9.73 Å². The first kappa shape index (κ1) is 16.1. The Bertz CT molecular complexity index is 822. The number of benzene rings is 1. The molecule has 1 saturated carbocycles. The maximum Gasteiger partial charge on any atom is 0.296 e. The molecule has 0 saturated heterocycles. The van der Waals surface area contributed by atoms with Crippen LogP contribution in [0.1, 0.15) is 55.8 Å². The van der Waals surface area contributed by atoms with Crippen molar-refractivity contribution in [3.63, 3.8) is 0 Å². The summed E-state index contributed by atoms with van der Waals surface area (Å²) in [5.41, 5.74) is 3.98. The van der Waals surface area contributed by atoms with Crippen molar-refractivity contribution < 1.29 is 4.42 Å². The molecule has 1 fully saturated rings. The number of hydrogen-bond donors (Lipinski definition) is 1. The van der Waals surface area contributed by atoms with Crippen molar-refractivity contribution in [3.05, 3.63) is 53.9 Å². The lowest BCUT2D eigenvalue weighted by Crippen LogP contribution is -2.18. The summed E-state index contributed by atoms with van der Waals surface area (Å²) in [6.45, 7) is 2.07. The van der Waals surface area contributed by atoms with E-state index in [1.165, 1.54) is 37.7 Å². The number of rotatable bonds is 5. The van der Waals surface area contributed by atoms with Crippen molar-refractivity contribution in [2.75, 3.05) is 5.32 Å². The van der Waals surface area contributed by atoms with Crippen LogP contribution < -0.4 is 5.32 Å². The van der Waals surface area contributed by atoms with Crippen LogP contribution in [0.25, 0.3) is 11.1 Å². The van der Waals surface area contributed by atoms with Gasteiger partial charge in [0.2, 0.25) is 0 Å². The first-order valence-electron chi connectivity index (χ1n) is 9.32. The van der Waals surface area contributed by atoms with Crippen molar-refractivity contribution in [2.24, 2.45) is 5.92 Å². The van der Waals surface area contributed by atoms with Crippen molar-refractivity contribution in [2.45, 2.75) is 51.5 Å². The molecule has 4 heteroatoms. The van der Waals surface area contributed by atoms with Crippen LogP contribution in [-0.2, 0) is 0 Å². The number of nitrogens with one attached hydrogen (secondary N) is 1. The normalized spacial score (nSPS) is 16.8. The maximum absolute atomic E-state index is 5.91. The lowest BCUT2D eigenvalue weighted by molar-refractivity contribution is 0.322. The molecule has 1 aliphatic carbocycles. The molecule has 2 heterocycles. The van der Waals surface area contributed by atoms with Crippen LogP contribution in [0.15, 0.2) is 47.0 Å². The fourth-order valence-corrected chi connectivity index (χ4v) is 3.84. The average Bonchev–Trinajstić information content (AvgIpc) is 3.04. The minimum Gasteiger partial charge on any atom is -0.424 e. The van der Waals surface area contributed by atoms with E-state index in [0.29, 0.717) is 6.01 Å². The summed E-state index contributed by atoms with van der Waals surface area (Å²) in [7, 11) is 0. The van der Waals surface area contributed by atoms with Gasteiger partial charge >= 0.3 is 0 Å². The van der Waals surface area contributed by atoms with Gasteiger partial charge in [0.1, 0.15) is 5.52 Å². The van der Waals surface area contributed by atoms with Gasteiger partial charge in [-0.1, -0.05) is 44.2 Å². The molecular weight excluding hydrogens is 310 g/mol. The number of fused-ring (bicyclic) bond motifs is 1. The average molecular weight is 335 g/mol. The molecule has 0 unspecified atom stereocenters. The molecule has 0 radical (unpaired) electrons. The molecule has 2 aromatic heterocycles. The maximum atomic E-state index is 5.91. The molecule has 3 aromatic rings. The summed E-state index contributed by atoms with van der Waals surface area (Å²) in [5, 5.41) is 3.51. The molecule has 0 bridgehead atoms. The number of aromatic nitrogens is 2. The van der Waals surface area contributed by atoms with Crippen molar-refractivity contribution in [1.29, 1.82) is 0 Å². The standard InChI is InChI=1S/C21H25N3O/c1-15-10-11-20-19(13-15)24-21(25-20)23-18(17-9-5-6-12-22-17)14-16-7-3-2-4-8-16/h5-6,9-13,16,18H,2-4,7-8,14H2,1H3,(H,23,24)/t18-/m1/s1. The largest absolute Gasteiger partial charge is 0.424 e. The smallest absolute Gasteiger partial charge is 0.296 e. The van der Waals surface area contributed by atoms with E-state index >= 15 is 0 Å². The van der Waals surface area contributed by atoms with Crippen molar-refractivity contribution in [3.8, 4) is 0 Å². The summed E-state index contributed by atoms with van der Waals surface area (Å²) < 4.78 is 5.91. The Morgan fingerprint density at radius 1 is 1.16 bits per heavy atom. The van der Waals surface area contributed by atoms with E-state index in [4.69, 9.17) is 4.42 Å². The first-order chi connectivity index (χ1) is 12.3. The van der Waals surface area contributed by atoms with Gasteiger partial charge in [0.25, 0.3) is 6.01 Å². The van der Waals surface area contributed by atoms with E-state index in [1.54, 1.807) is 0 Å². The Balaban J connectivity index is 1.57. The van der Waals surface area contributed by atoms with Crippen LogP contribution in [0.2, 0.25) is 0 Å². The summed E-state index contributed by atoms with van der Waals surface area (Å²) in [4.78, 5) is 9.20. The number of anilines is 1. The predicted octanol–water partition coefficient (Wildman–Crippen LogP) is 5.65. The highest BCUT2D eigenvalue weighted by Gasteiger charge is 2.22. The van der Waals surface area contributed by atoms with E-state index in [-0.39, 0.29) is 6.04 Å². The fourth-order valence-electron chi connectivity index (χ4n) is 3.84. The zero-order valence-corrected chi connectivity index (χ0v) is 14.7. The van der Waals surface area contributed by atoms with E-state index in [1.807, 2.05) is 24.4 Å². The molecule has 1 N–H and O–H groups in total. The van der Waals surface area contributed by atoms with Crippen LogP contribution >= 0.6 is 0 Å². The van der Waals surface area contributed by atoms with Crippen molar-refractivity contribution >= 4 is 17.1 Å². The van der Waals surface area contributed by atoms with Gasteiger partial charge in [-0.15, -0.1) is 0 Å². The van der Waals surface area contributed by atoms with E-state index in [9.17, 15) is 0 Å². The Morgan fingerprint density at radius 3 is 2.84 bits per heavy atom. The van der Waals surface area contributed by atoms with Gasteiger partial charge in [-0.05, 0) is 49.1 Å². The molecule has 4 nitrogen and oxygen atoms in total.